The SMILES string of the molecule is C=C[Si]C.O. The zero-order valence-electron chi connectivity index (χ0n) is 3.28. The summed E-state index contributed by atoms with van der Waals surface area (Å²) in [4.78, 5) is 0. The van der Waals surface area contributed by atoms with Crippen LogP contribution in [0.3, 0.4) is 0 Å². The Labute approximate surface area is 34.8 Å². The Hall–Kier alpha value is -0.0831. The lowest BCUT2D eigenvalue weighted by Gasteiger charge is -1.54. The van der Waals surface area contributed by atoms with Gasteiger partial charge in [-0.3, -0.25) is 0 Å². The molecule has 0 spiro atoms. The summed E-state index contributed by atoms with van der Waals surface area (Å²) in [7, 11) is 0.904. The molecule has 0 bridgehead atoms. The van der Waals surface area contributed by atoms with Crippen LogP contribution in [-0.2, 0) is 0 Å². The molecule has 0 unspecified atom stereocenters. The Kier molecular flexibility index (Phi) is 16.1. The highest BCUT2D eigenvalue weighted by Gasteiger charge is 1.49. The topological polar surface area (TPSA) is 31.5 Å². The lowest BCUT2D eigenvalue weighted by atomic mass is 11.3. The Morgan fingerprint density at radius 3 is 2.00 bits per heavy atom. The highest BCUT2D eigenvalue weighted by Crippen LogP contribution is 1.48. The summed E-state index contributed by atoms with van der Waals surface area (Å²) in [5, 5.41) is 0. The minimum atomic E-state index is 0. The third kappa shape index (κ3) is 17.1. The molecule has 0 heterocycles. The minimum absolute atomic E-state index is 0. The van der Waals surface area contributed by atoms with E-state index in [-0.39, 0.29) is 5.48 Å². The fourth-order valence-corrected chi connectivity index (χ4v) is 0. The fourth-order valence-electron chi connectivity index (χ4n) is 0. The van der Waals surface area contributed by atoms with Crippen molar-refractivity contribution < 1.29 is 5.48 Å². The molecule has 5 heavy (non-hydrogen) atoms. The predicted molar refractivity (Wildman–Crippen MR) is 25.4 cm³/mol. The summed E-state index contributed by atoms with van der Waals surface area (Å²) < 4.78 is 0. The van der Waals surface area contributed by atoms with Gasteiger partial charge in [0.15, 0.2) is 0 Å². The van der Waals surface area contributed by atoms with Crippen molar-refractivity contribution in [1.29, 1.82) is 0 Å². The molecule has 1 nitrogen and oxygen atoms in total. The molecule has 2 N–H and O–H groups in total. The van der Waals surface area contributed by atoms with Crippen LogP contribution in [0, 0.1) is 0 Å². The second-order valence-corrected chi connectivity index (χ2v) is 1.48. The molecule has 2 radical (unpaired) electrons. The van der Waals surface area contributed by atoms with E-state index in [1.807, 2.05) is 5.70 Å². The van der Waals surface area contributed by atoms with Gasteiger partial charge in [-0.25, -0.2) is 0 Å². The first-order valence-corrected chi connectivity index (χ1v) is 2.77. The molecule has 0 saturated carbocycles. The molecule has 0 aliphatic carbocycles. The van der Waals surface area contributed by atoms with Crippen LogP contribution in [0.25, 0.3) is 0 Å². The first kappa shape index (κ1) is 8.87. The number of rotatable bonds is 1. The average Bonchev–Trinajstić information content (AvgIpc) is 1.37. The van der Waals surface area contributed by atoms with Crippen LogP contribution in [-0.4, -0.2) is 15.0 Å². The van der Waals surface area contributed by atoms with Gasteiger partial charge in [0.05, 0.1) is 9.52 Å². The van der Waals surface area contributed by atoms with Gasteiger partial charge >= 0.3 is 0 Å². The first-order valence-electron chi connectivity index (χ1n) is 1.20. The number of hydrogen-bond donors (Lipinski definition) is 0. The normalized spacial score (nSPS) is 5.00. The molecule has 0 aromatic heterocycles. The summed E-state index contributed by atoms with van der Waals surface area (Å²) in [5.74, 6) is 0. The van der Waals surface area contributed by atoms with E-state index in [4.69, 9.17) is 0 Å². The van der Waals surface area contributed by atoms with E-state index in [1.54, 1.807) is 0 Å². The highest BCUT2D eigenvalue weighted by atomic mass is 28.2. The second-order valence-electron chi connectivity index (χ2n) is 0.493. The summed E-state index contributed by atoms with van der Waals surface area (Å²) in [5.41, 5.74) is 1.90. The largest absolute Gasteiger partial charge is 0.412 e. The van der Waals surface area contributed by atoms with E-state index in [0.29, 0.717) is 0 Å². The molecule has 0 rings (SSSR count). The van der Waals surface area contributed by atoms with Gasteiger partial charge < -0.3 is 5.48 Å². The maximum Gasteiger partial charge on any atom is 0.0660 e. The first-order chi connectivity index (χ1) is 1.91. The lowest BCUT2D eigenvalue weighted by Crippen LogP contribution is -1.61. The van der Waals surface area contributed by atoms with Crippen molar-refractivity contribution in [2.45, 2.75) is 6.55 Å². The van der Waals surface area contributed by atoms with Crippen molar-refractivity contribution in [3.05, 3.63) is 12.3 Å². The standard InChI is InChI=1S/C3H6Si.H2O/c1-3-4-2;/h3H,1H2,2H3;1H2. The predicted octanol–water partition coefficient (Wildman–Crippen LogP) is 0.0575. The van der Waals surface area contributed by atoms with Crippen molar-refractivity contribution in [3.8, 4) is 0 Å². The van der Waals surface area contributed by atoms with Gasteiger partial charge in [0.25, 0.3) is 0 Å². The molecule has 30 valence electrons. The summed E-state index contributed by atoms with van der Waals surface area (Å²) in [6.07, 6.45) is 0. The third-order valence-electron chi connectivity index (χ3n) is 0.204. The smallest absolute Gasteiger partial charge is 0.0660 e. The molecule has 0 aliphatic heterocycles. The number of hydrogen-bond acceptors (Lipinski definition) is 0. The Morgan fingerprint density at radius 2 is 2.00 bits per heavy atom. The van der Waals surface area contributed by atoms with E-state index in [0.717, 1.165) is 9.52 Å². The Bertz CT molecular complexity index is 20.9. The van der Waals surface area contributed by atoms with Crippen LogP contribution < -0.4 is 0 Å². The van der Waals surface area contributed by atoms with Gasteiger partial charge in [-0.15, -0.1) is 12.3 Å². The summed E-state index contributed by atoms with van der Waals surface area (Å²) in [6, 6.07) is 0. The molecule has 0 aliphatic rings. The van der Waals surface area contributed by atoms with Gasteiger partial charge in [0, 0.05) is 0 Å². The zero-order chi connectivity index (χ0) is 3.41. The second kappa shape index (κ2) is 9.07. The van der Waals surface area contributed by atoms with Crippen molar-refractivity contribution in [2.75, 3.05) is 0 Å². The summed E-state index contributed by atoms with van der Waals surface area (Å²) in [6.45, 7) is 5.58. The molecule has 0 fully saturated rings. The van der Waals surface area contributed by atoms with Gasteiger partial charge in [-0.2, -0.15) is 0 Å². The third-order valence-corrected chi connectivity index (χ3v) is 0.612. The van der Waals surface area contributed by atoms with Gasteiger partial charge in [-0.05, 0) is 0 Å². The highest BCUT2D eigenvalue weighted by molar-refractivity contribution is 6.39. The maximum absolute atomic E-state index is 3.49. The van der Waals surface area contributed by atoms with Gasteiger partial charge in [0.1, 0.15) is 0 Å². The van der Waals surface area contributed by atoms with Crippen LogP contribution >= 0.6 is 0 Å². The monoisotopic (exact) mass is 88.0 g/mol. The molecule has 0 saturated heterocycles. The molecular weight excluding hydrogens is 80.1 g/mol. The Morgan fingerprint density at radius 1 is 1.80 bits per heavy atom. The average molecular weight is 88.2 g/mol. The van der Waals surface area contributed by atoms with Crippen LogP contribution in [0.2, 0.25) is 6.55 Å². The molecule has 0 amide bonds. The van der Waals surface area contributed by atoms with Crippen molar-refractivity contribution >= 4 is 9.52 Å². The van der Waals surface area contributed by atoms with Crippen LogP contribution in [0.1, 0.15) is 0 Å². The van der Waals surface area contributed by atoms with Crippen molar-refractivity contribution in [1.82, 2.24) is 0 Å². The fraction of sp³-hybridized carbons (Fsp3) is 0.333. The molecule has 0 aromatic carbocycles. The van der Waals surface area contributed by atoms with Crippen LogP contribution in [0.4, 0.5) is 0 Å². The maximum atomic E-state index is 3.49. The van der Waals surface area contributed by atoms with Crippen molar-refractivity contribution in [2.24, 2.45) is 0 Å². The zero-order valence-corrected chi connectivity index (χ0v) is 4.28. The summed E-state index contributed by atoms with van der Waals surface area (Å²) >= 11 is 0. The molecular formula is C3H8OSi. The van der Waals surface area contributed by atoms with Gasteiger partial charge in [0.2, 0.25) is 0 Å². The van der Waals surface area contributed by atoms with E-state index in [2.05, 4.69) is 13.1 Å². The minimum Gasteiger partial charge on any atom is -0.412 e. The quantitative estimate of drug-likeness (QED) is 0.406. The van der Waals surface area contributed by atoms with E-state index in [1.165, 1.54) is 0 Å². The van der Waals surface area contributed by atoms with Gasteiger partial charge in [-0.1, -0.05) is 6.55 Å². The van der Waals surface area contributed by atoms with E-state index in [9.17, 15) is 0 Å². The van der Waals surface area contributed by atoms with Crippen LogP contribution in [0.15, 0.2) is 12.3 Å². The van der Waals surface area contributed by atoms with E-state index < -0.39 is 0 Å². The molecule has 2 heteroatoms. The van der Waals surface area contributed by atoms with E-state index >= 15 is 0 Å². The van der Waals surface area contributed by atoms with Crippen molar-refractivity contribution in [3.63, 3.8) is 0 Å². The molecule has 0 atom stereocenters. The Balaban J connectivity index is 0. The van der Waals surface area contributed by atoms with Crippen LogP contribution in [0.5, 0.6) is 0 Å². The lowest BCUT2D eigenvalue weighted by molar-refractivity contribution is 0.824. The molecule has 0 aromatic rings.